The monoisotopic (exact) mass is 412 g/mol. The van der Waals surface area contributed by atoms with Crippen LogP contribution in [0, 0.1) is 12.8 Å². The first-order valence-corrected chi connectivity index (χ1v) is 9.55. The minimum atomic E-state index is -1.08. The molecule has 0 aromatic carbocycles. The summed E-state index contributed by atoms with van der Waals surface area (Å²) in [5.41, 5.74) is 2.17. The number of alkyl halides is 1. The Morgan fingerprint density at radius 3 is 2.80 bits per heavy atom. The van der Waals surface area contributed by atoms with Gasteiger partial charge in [0.05, 0.1) is 29.6 Å². The molecule has 0 radical (unpaired) electrons. The van der Waals surface area contributed by atoms with E-state index in [1.807, 2.05) is 19.9 Å². The van der Waals surface area contributed by atoms with E-state index in [9.17, 15) is 14.3 Å². The number of amides is 1. The van der Waals surface area contributed by atoms with Gasteiger partial charge in [0, 0.05) is 6.07 Å². The van der Waals surface area contributed by atoms with Gasteiger partial charge in [0.15, 0.2) is 5.82 Å². The smallest absolute Gasteiger partial charge is 0.232 e. The number of carbonyl (C=O) groups excluding carboxylic acids is 1. The van der Waals surface area contributed by atoms with Crippen LogP contribution in [0.2, 0.25) is 0 Å². The van der Waals surface area contributed by atoms with Gasteiger partial charge in [0.1, 0.15) is 24.6 Å². The van der Waals surface area contributed by atoms with E-state index in [2.05, 4.69) is 35.7 Å². The van der Waals surface area contributed by atoms with Crippen molar-refractivity contribution in [3.05, 3.63) is 42.2 Å². The average Bonchev–Trinajstić information content (AvgIpc) is 3.30. The molecule has 0 spiro atoms. The number of nitrogens with zero attached hydrogens (tertiary/aromatic N) is 6. The van der Waals surface area contributed by atoms with Crippen molar-refractivity contribution in [3.8, 4) is 5.82 Å². The summed E-state index contributed by atoms with van der Waals surface area (Å²) in [4.78, 5) is 28.6. The molecule has 0 saturated heterocycles. The Kier molecular flexibility index (Phi) is 5.36. The Morgan fingerprint density at radius 1 is 1.30 bits per heavy atom. The standard InChI is InChI=1S/C19H21FN8O2/c1-3-15(29)13-4-10(2)14(7-21-13)26-19-24-9-25-28(19)17-6-16(22-8-23-17)27-18(30)11-5-12(11)20/h4,6-9,11-12,15,29H,3,5H2,1-2H3,(H,24,25,26)(H,22,23,27,30)/t11-,12-,15?/m1/s1. The third-order valence-corrected chi connectivity index (χ3v) is 4.82. The van der Waals surface area contributed by atoms with Crippen LogP contribution in [0.3, 0.4) is 0 Å². The number of hydrogen-bond donors (Lipinski definition) is 3. The summed E-state index contributed by atoms with van der Waals surface area (Å²) in [5.74, 6) is -0.0136. The molecule has 11 heteroatoms. The van der Waals surface area contributed by atoms with Crippen LogP contribution in [0.5, 0.6) is 0 Å². The molecule has 3 heterocycles. The predicted molar refractivity (Wildman–Crippen MR) is 106 cm³/mol. The van der Waals surface area contributed by atoms with Crippen LogP contribution in [-0.4, -0.2) is 46.9 Å². The largest absolute Gasteiger partial charge is 0.387 e. The summed E-state index contributed by atoms with van der Waals surface area (Å²) < 4.78 is 14.5. The van der Waals surface area contributed by atoms with Gasteiger partial charge in [-0.2, -0.15) is 14.8 Å². The van der Waals surface area contributed by atoms with Crippen molar-refractivity contribution in [2.45, 2.75) is 39.0 Å². The van der Waals surface area contributed by atoms with Crippen molar-refractivity contribution in [3.63, 3.8) is 0 Å². The molecule has 1 fully saturated rings. The number of carbonyl (C=O) groups is 1. The lowest BCUT2D eigenvalue weighted by molar-refractivity contribution is -0.117. The molecule has 3 aromatic rings. The second kappa shape index (κ2) is 8.11. The maximum Gasteiger partial charge on any atom is 0.232 e. The van der Waals surface area contributed by atoms with Gasteiger partial charge in [0.25, 0.3) is 0 Å². The molecule has 3 N–H and O–H groups in total. The number of aryl methyl sites for hydroxylation is 1. The summed E-state index contributed by atoms with van der Waals surface area (Å²) in [6.07, 6.45) is 3.38. The van der Waals surface area contributed by atoms with Crippen LogP contribution in [0.4, 0.5) is 21.8 Å². The van der Waals surface area contributed by atoms with Gasteiger partial charge >= 0.3 is 0 Å². The lowest BCUT2D eigenvalue weighted by Crippen LogP contribution is -2.16. The second-order valence-electron chi connectivity index (χ2n) is 7.08. The molecule has 1 unspecified atom stereocenters. The van der Waals surface area contributed by atoms with Gasteiger partial charge in [-0.15, -0.1) is 0 Å². The molecule has 1 aliphatic carbocycles. The zero-order valence-corrected chi connectivity index (χ0v) is 16.4. The highest BCUT2D eigenvalue weighted by atomic mass is 19.1. The van der Waals surface area contributed by atoms with E-state index in [0.717, 1.165) is 5.56 Å². The molecular formula is C19H21FN8O2. The molecule has 3 atom stereocenters. The van der Waals surface area contributed by atoms with Crippen LogP contribution in [0.1, 0.15) is 37.1 Å². The van der Waals surface area contributed by atoms with Gasteiger partial charge in [-0.3, -0.25) is 9.78 Å². The first-order chi connectivity index (χ1) is 14.5. The molecule has 10 nitrogen and oxygen atoms in total. The van der Waals surface area contributed by atoms with Crippen molar-refractivity contribution in [2.24, 2.45) is 5.92 Å². The molecule has 156 valence electrons. The van der Waals surface area contributed by atoms with E-state index in [1.165, 1.54) is 23.4 Å². The minimum absolute atomic E-state index is 0.238. The van der Waals surface area contributed by atoms with Gasteiger partial charge in [-0.1, -0.05) is 6.92 Å². The minimum Gasteiger partial charge on any atom is -0.387 e. The molecule has 4 rings (SSSR count). The normalized spacial score (nSPS) is 18.7. The van der Waals surface area contributed by atoms with E-state index < -0.39 is 24.1 Å². The lowest BCUT2D eigenvalue weighted by atomic mass is 10.1. The second-order valence-corrected chi connectivity index (χ2v) is 7.08. The third kappa shape index (κ3) is 4.10. The Balaban J connectivity index is 1.54. The highest BCUT2D eigenvalue weighted by molar-refractivity contribution is 5.94. The Labute approximate surface area is 171 Å². The third-order valence-electron chi connectivity index (χ3n) is 4.82. The van der Waals surface area contributed by atoms with Gasteiger partial charge in [-0.05, 0) is 31.4 Å². The first kappa shape index (κ1) is 19.8. The number of aliphatic hydroxyl groups excluding tert-OH is 1. The summed E-state index contributed by atoms with van der Waals surface area (Å²) in [6.45, 7) is 3.78. The molecular weight excluding hydrogens is 391 g/mol. The summed E-state index contributed by atoms with van der Waals surface area (Å²) in [6, 6.07) is 3.34. The molecule has 0 bridgehead atoms. The van der Waals surface area contributed by atoms with Crippen LogP contribution < -0.4 is 10.6 Å². The summed E-state index contributed by atoms with van der Waals surface area (Å²) >= 11 is 0. The number of aliphatic hydroxyl groups is 1. The SMILES string of the molecule is CCC(O)c1cc(C)c(Nc2ncnn2-c2cc(NC(=O)[C@@H]3C[C@H]3F)ncn2)cn1. The number of halogens is 1. The maximum atomic E-state index is 13.1. The molecule has 0 aliphatic heterocycles. The number of pyridine rings is 1. The van der Waals surface area contributed by atoms with Crippen molar-refractivity contribution in [1.82, 2.24) is 29.7 Å². The molecule has 1 aliphatic rings. The fourth-order valence-electron chi connectivity index (χ4n) is 2.90. The van der Waals surface area contributed by atoms with Crippen LogP contribution in [-0.2, 0) is 4.79 Å². The van der Waals surface area contributed by atoms with Crippen molar-refractivity contribution in [2.75, 3.05) is 10.6 Å². The summed E-state index contributed by atoms with van der Waals surface area (Å²) in [7, 11) is 0. The van der Waals surface area contributed by atoms with Crippen molar-refractivity contribution < 1.29 is 14.3 Å². The zero-order valence-electron chi connectivity index (χ0n) is 16.4. The average molecular weight is 412 g/mol. The number of anilines is 3. The molecule has 30 heavy (non-hydrogen) atoms. The van der Waals surface area contributed by atoms with E-state index in [-0.39, 0.29) is 12.2 Å². The predicted octanol–water partition coefficient (Wildman–Crippen LogP) is 2.24. The Hall–Kier alpha value is -3.47. The fourth-order valence-corrected chi connectivity index (χ4v) is 2.90. The van der Waals surface area contributed by atoms with Crippen LogP contribution in [0.15, 0.2) is 31.0 Å². The van der Waals surface area contributed by atoms with E-state index in [4.69, 9.17) is 0 Å². The van der Waals surface area contributed by atoms with E-state index in [1.54, 1.807) is 6.20 Å². The highest BCUT2D eigenvalue weighted by Crippen LogP contribution is 2.34. The quantitative estimate of drug-likeness (QED) is 0.539. The zero-order chi connectivity index (χ0) is 21.3. The Bertz CT molecular complexity index is 1070. The number of rotatable bonds is 7. The molecule has 3 aromatic heterocycles. The highest BCUT2D eigenvalue weighted by Gasteiger charge is 2.43. The van der Waals surface area contributed by atoms with Crippen molar-refractivity contribution in [1.29, 1.82) is 0 Å². The topological polar surface area (TPSA) is 131 Å². The van der Waals surface area contributed by atoms with Crippen LogP contribution in [0.25, 0.3) is 5.82 Å². The summed E-state index contributed by atoms with van der Waals surface area (Å²) in [5, 5.41) is 19.9. The fraction of sp³-hybridized carbons (Fsp3) is 0.368. The van der Waals surface area contributed by atoms with Crippen molar-refractivity contribution >= 4 is 23.4 Å². The lowest BCUT2D eigenvalue weighted by Gasteiger charge is -2.13. The molecule has 1 amide bonds. The van der Waals surface area contributed by atoms with Gasteiger partial charge in [-0.25, -0.2) is 14.4 Å². The Morgan fingerprint density at radius 2 is 2.10 bits per heavy atom. The van der Waals surface area contributed by atoms with E-state index >= 15 is 0 Å². The number of hydrogen-bond acceptors (Lipinski definition) is 8. The number of nitrogens with one attached hydrogen (secondary N) is 2. The number of aromatic nitrogens is 6. The van der Waals surface area contributed by atoms with E-state index in [0.29, 0.717) is 29.6 Å². The van der Waals surface area contributed by atoms with Crippen LogP contribution >= 0.6 is 0 Å². The molecule has 1 saturated carbocycles. The first-order valence-electron chi connectivity index (χ1n) is 9.55. The van der Waals surface area contributed by atoms with Gasteiger partial charge in [0.2, 0.25) is 11.9 Å². The maximum absolute atomic E-state index is 13.1. The van der Waals surface area contributed by atoms with Gasteiger partial charge < -0.3 is 15.7 Å².